The Kier molecular flexibility index (Phi) is 8.37. The van der Waals surface area contributed by atoms with Gasteiger partial charge in [-0.3, -0.25) is 4.57 Å². The molecule has 1 aliphatic carbocycles. The van der Waals surface area contributed by atoms with Gasteiger partial charge in [0.2, 0.25) is 0 Å². The standard InChI is InChI=1S/C28H26N4O3S.2H2S/c1-16-13-20(35-19-5-3-2-4-6-19)9-10-21(16)32-22-11-12-30-27-24(22)25(31-28(32)34)26(36-27)23(33)15-17-7-8-18(29)14-17;;/h2-6,9-13,17-18,33H,7-8,14-15,29H2,1H3;2*1H2/t17-,18-;;/m0../s1. The summed E-state index contributed by atoms with van der Waals surface area (Å²) in [5, 5.41) is 11.8. The molecule has 7 nitrogen and oxygen atoms in total. The first-order valence-electron chi connectivity index (χ1n) is 12.1. The van der Waals surface area contributed by atoms with Crippen LogP contribution in [0.2, 0.25) is 0 Å². The van der Waals surface area contributed by atoms with E-state index in [9.17, 15) is 9.90 Å². The SMILES string of the molecule is Cc1cc(Oc2ccccc2)ccc1-n1c(=O)nc2c(=C(O)C[C@H]3CC[C@H](N)C3)sc3nccc1c32.S.S. The summed E-state index contributed by atoms with van der Waals surface area (Å²) in [6.45, 7) is 1.94. The molecule has 2 aromatic carbocycles. The zero-order valence-electron chi connectivity index (χ0n) is 20.8. The van der Waals surface area contributed by atoms with Gasteiger partial charge in [0, 0.05) is 18.7 Å². The first kappa shape index (κ1) is 28.0. The topological polar surface area (TPSA) is 103 Å². The van der Waals surface area contributed by atoms with Crippen LogP contribution in [0.25, 0.3) is 32.7 Å². The summed E-state index contributed by atoms with van der Waals surface area (Å²) < 4.78 is 8.20. The van der Waals surface area contributed by atoms with Crippen LogP contribution in [0.15, 0.2) is 65.6 Å². The number of hydrogen-bond acceptors (Lipinski definition) is 7. The van der Waals surface area contributed by atoms with Gasteiger partial charge < -0.3 is 15.6 Å². The van der Waals surface area contributed by atoms with Gasteiger partial charge in [-0.1, -0.05) is 18.2 Å². The molecule has 3 aromatic heterocycles. The summed E-state index contributed by atoms with van der Waals surface area (Å²) in [5.41, 5.74) is 8.49. The minimum atomic E-state index is -0.398. The molecule has 198 valence electrons. The molecule has 6 rings (SSSR count). The molecule has 1 saturated carbocycles. The lowest BCUT2D eigenvalue weighted by Gasteiger charge is -2.14. The quantitative estimate of drug-likeness (QED) is 0.302. The number of benzene rings is 2. The zero-order chi connectivity index (χ0) is 24.8. The third-order valence-electron chi connectivity index (χ3n) is 6.90. The molecule has 1 fully saturated rings. The van der Waals surface area contributed by atoms with Crippen molar-refractivity contribution in [3.63, 3.8) is 0 Å². The van der Waals surface area contributed by atoms with Gasteiger partial charge in [-0.15, -0.1) is 11.3 Å². The van der Waals surface area contributed by atoms with E-state index >= 15 is 0 Å². The van der Waals surface area contributed by atoms with Crippen LogP contribution in [0.1, 0.15) is 31.2 Å². The number of aryl methyl sites for hydroxylation is 1. The summed E-state index contributed by atoms with van der Waals surface area (Å²) in [6, 6.07) is 17.2. The van der Waals surface area contributed by atoms with Crippen LogP contribution in [0.3, 0.4) is 0 Å². The third-order valence-corrected chi connectivity index (χ3v) is 8.03. The van der Waals surface area contributed by atoms with E-state index in [1.54, 1.807) is 10.8 Å². The number of para-hydroxylation sites is 1. The molecule has 5 aromatic rings. The Bertz CT molecular complexity index is 1700. The predicted octanol–water partition coefficient (Wildman–Crippen LogP) is 5.22. The van der Waals surface area contributed by atoms with E-state index in [0.717, 1.165) is 46.5 Å². The molecule has 2 atom stereocenters. The fraction of sp³-hybridized carbons (Fsp3) is 0.250. The molecule has 0 saturated heterocycles. The Balaban J connectivity index is 0.00000168. The average molecular weight is 567 g/mol. The van der Waals surface area contributed by atoms with Crippen molar-refractivity contribution in [2.45, 2.75) is 38.6 Å². The Morgan fingerprint density at radius 2 is 1.92 bits per heavy atom. The van der Waals surface area contributed by atoms with Gasteiger partial charge in [0.1, 0.15) is 27.6 Å². The molecule has 10 heteroatoms. The van der Waals surface area contributed by atoms with Gasteiger partial charge in [0.25, 0.3) is 0 Å². The van der Waals surface area contributed by atoms with Crippen LogP contribution < -0.4 is 20.7 Å². The van der Waals surface area contributed by atoms with Crippen molar-refractivity contribution in [3.8, 4) is 17.2 Å². The molecule has 38 heavy (non-hydrogen) atoms. The van der Waals surface area contributed by atoms with Crippen molar-refractivity contribution in [1.82, 2.24) is 14.5 Å². The van der Waals surface area contributed by atoms with Crippen molar-refractivity contribution >= 4 is 65.3 Å². The van der Waals surface area contributed by atoms with Crippen LogP contribution in [-0.2, 0) is 0 Å². The van der Waals surface area contributed by atoms with Crippen LogP contribution in [-0.4, -0.2) is 25.7 Å². The fourth-order valence-corrected chi connectivity index (χ4v) is 6.25. The minimum absolute atomic E-state index is 0. The average Bonchev–Trinajstić information content (AvgIpc) is 3.44. The highest BCUT2D eigenvalue weighted by molar-refractivity contribution is 7.59. The zero-order valence-corrected chi connectivity index (χ0v) is 23.7. The lowest BCUT2D eigenvalue weighted by molar-refractivity contribution is 0.431. The van der Waals surface area contributed by atoms with E-state index < -0.39 is 5.69 Å². The normalized spacial score (nSPS) is 17.7. The minimum Gasteiger partial charge on any atom is -0.511 e. The van der Waals surface area contributed by atoms with Gasteiger partial charge >= 0.3 is 5.69 Å². The summed E-state index contributed by atoms with van der Waals surface area (Å²) in [4.78, 5) is 23.1. The number of rotatable bonds is 5. The van der Waals surface area contributed by atoms with E-state index in [4.69, 9.17) is 10.5 Å². The number of aromatic nitrogens is 3. The number of pyridine rings is 1. The summed E-state index contributed by atoms with van der Waals surface area (Å²) in [7, 11) is 0. The number of aliphatic hydroxyl groups is 1. The number of nitrogens with zero attached hydrogens (tertiary/aromatic N) is 3. The van der Waals surface area contributed by atoms with Gasteiger partial charge in [0.05, 0.1) is 21.1 Å². The smallest absolute Gasteiger partial charge is 0.353 e. The molecule has 0 amide bonds. The maximum atomic E-state index is 13.4. The molecular weight excluding hydrogens is 537 g/mol. The molecule has 3 heterocycles. The lowest BCUT2D eigenvalue weighted by Crippen LogP contribution is -2.24. The molecule has 1 aliphatic rings. The summed E-state index contributed by atoms with van der Waals surface area (Å²) in [5.74, 6) is 2.05. The Hall–Kier alpha value is -3.05. The van der Waals surface area contributed by atoms with Crippen LogP contribution in [0.4, 0.5) is 0 Å². The van der Waals surface area contributed by atoms with Crippen LogP contribution in [0.5, 0.6) is 11.5 Å². The molecule has 0 radical (unpaired) electrons. The third kappa shape index (κ3) is 5.13. The number of nitrogens with two attached hydrogens (primary N) is 1. The molecule has 3 N–H and O–H groups in total. The highest BCUT2D eigenvalue weighted by Crippen LogP contribution is 2.32. The molecule has 0 aliphatic heterocycles. The first-order chi connectivity index (χ1) is 17.5. The van der Waals surface area contributed by atoms with Gasteiger partial charge in [-0.2, -0.15) is 32.0 Å². The highest BCUT2D eigenvalue weighted by Gasteiger charge is 2.24. The second-order valence-electron chi connectivity index (χ2n) is 9.47. The highest BCUT2D eigenvalue weighted by atomic mass is 32.1. The fourth-order valence-electron chi connectivity index (χ4n) is 5.19. The maximum absolute atomic E-state index is 13.4. The van der Waals surface area contributed by atoms with E-state index in [0.29, 0.717) is 33.7 Å². The van der Waals surface area contributed by atoms with Crippen LogP contribution >= 0.6 is 38.3 Å². The monoisotopic (exact) mass is 566 g/mol. The van der Waals surface area contributed by atoms with Gasteiger partial charge in [0.15, 0.2) is 0 Å². The second kappa shape index (κ2) is 11.4. The number of hydrogen-bond donors (Lipinski definition) is 2. The molecule has 0 spiro atoms. The van der Waals surface area contributed by atoms with E-state index in [1.165, 1.54) is 11.3 Å². The summed E-state index contributed by atoms with van der Waals surface area (Å²) in [6.07, 6.45) is 5.12. The molecule has 0 bridgehead atoms. The van der Waals surface area contributed by atoms with Crippen molar-refractivity contribution in [1.29, 1.82) is 0 Å². The largest absolute Gasteiger partial charge is 0.511 e. The van der Waals surface area contributed by atoms with Gasteiger partial charge in [-0.25, -0.2) is 9.78 Å². The van der Waals surface area contributed by atoms with Crippen molar-refractivity contribution < 1.29 is 9.84 Å². The van der Waals surface area contributed by atoms with E-state index in [-0.39, 0.29) is 38.8 Å². The van der Waals surface area contributed by atoms with Crippen molar-refractivity contribution in [3.05, 3.63) is 81.4 Å². The number of aliphatic hydroxyl groups excluding tert-OH is 1. The number of thiophene rings is 1. The molecule has 0 unspecified atom stereocenters. The van der Waals surface area contributed by atoms with Crippen molar-refractivity contribution in [2.24, 2.45) is 11.7 Å². The number of ether oxygens (including phenoxy) is 1. The van der Waals surface area contributed by atoms with Crippen LogP contribution in [0, 0.1) is 12.8 Å². The lowest BCUT2D eigenvalue weighted by atomic mass is 10.0. The Labute approximate surface area is 237 Å². The Morgan fingerprint density at radius 1 is 1.13 bits per heavy atom. The predicted molar refractivity (Wildman–Crippen MR) is 164 cm³/mol. The van der Waals surface area contributed by atoms with E-state index in [2.05, 4.69) is 9.97 Å². The Morgan fingerprint density at radius 3 is 2.63 bits per heavy atom. The summed E-state index contributed by atoms with van der Waals surface area (Å²) >= 11 is 1.38. The van der Waals surface area contributed by atoms with E-state index in [1.807, 2.05) is 61.5 Å². The molecular formula is C28H30N4O3S3. The van der Waals surface area contributed by atoms with Crippen molar-refractivity contribution in [2.75, 3.05) is 0 Å². The van der Waals surface area contributed by atoms with Gasteiger partial charge in [-0.05, 0) is 74.1 Å². The maximum Gasteiger partial charge on any atom is 0.353 e. The second-order valence-corrected chi connectivity index (χ2v) is 10.5. The first-order valence-corrected chi connectivity index (χ1v) is 12.9.